The van der Waals surface area contributed by atoms with E-state index in [0.29, 0.717) is 38.0 Å². The number of carbonyl (C=O) groups excluding carboxylic acids is 2. The lowest BCUT2D eigenvalue weighted by molar-refractivity contribution is -0.137. The maximum Gasteiger partial charge on any atom is 0.274 e. The van der Waals surface area contributed by atoms with Crippen molar-refractivity contribution < 1.29 is 32.2 Å². The number of hydrogen-bond donors (Lipinski definition) is 0. The number of ether oxygens (including phenoxy) is 3. The largest absolute Gasteiger partial charge is 0.497 e. The number of piperazine rings is 1. The molecule has 0 bridgehead atoms. The van der Waals surface area contributed by atoms with Crippen LogP contribution in [0.3, 0.4) is 0 Å². The number of hydrogen-bond acceptors (Lipinski definition) is 11. The quantitative estimate of drug-likeness (QED) is 0.307. The first-order valence-corrected chi connectivity index (χ1v) is 18.2. The van der Waals surface area contributed by atoms with Gasteiger partial charge in [-0.15, -0.1) is 0 Å². The molecule has 14 heteroatoms. The van der Waals surface area contributed by atoms with E-state index >= 15 is 4.79 Å². The van der Waals surface area contributed by atoms with Gasteiger partial charge in [0.05, 0.1) is 38.1 Å². The van der Waals surface area contributed by atoms with Crippen LogP contribution in [0.15, 0.2) is 59.6 Å². The highest BCUT2D eigenvalue weighted by Gasteiger charge is 2.59. The molecule has 0 N–H and O–H groups in total. The molecule has 3 aromatic rings. The zero-order valence-electron chi connectivity index (χ0n) is 28.8. The fraction of sp³-hybridized carbons (Fsp3) is 0.444. The van der Waals surface area contributed by atoms with Gasteiger partial charge in [0, 0.05) is 56.5 Å². The molecule has 1 unspecified atom stereocenters. The van der Waals surface area contributed by atoms with Crippen LogP contribution in [-0.2, 0) is 25.0 Å². The molecule has 2 saturated heterocycles. The molecule has 3 aliphatic rings. The molecule has 264 valence electrons. The molecule has 0 radical (unpaired) electrons. The summed E-state index contributed by atoms with van der Waals surface area (Å²) in [4.78, 5) is 40.3. The highest BCUT2D eigenvalue weighted by atomic mass is 32.2. The number of pyridine rings is 1. The smallest absolute Gasteiger partial charge is 0.274 e. The molecule has 13 nitrogen and oxygen atoms in total. The zero-order valence-corrected chi connectivity index (χ0v) is 29.6. The monoisotopic (exact) mass is 702 g/mol. The number of benzene rings is 2. The molecule has 4 heterocycles. The van der Waals surface area contributed by atoms with Crippen LogP contribution >= 0.6 is 0 Å². The van der Waals surface area contributed by atoms with Crippen LogP contribution < -0.4 is 18.5 Å². The van der Waals surface area contributed by atoms with Crippen LogP contribution in [0.5, 0.6) is 17.4 Å². The van der Waals surface area contributed by atoms with E-state index in [1.165, 1.54) is 56.8 Å². The summed E-state index contributed by atoms with van der Waals surface area (Å²) in [5.41, 5.74) is -1.23. The highest BCUT2D eigenvalue weighted by Crippen LogP contribution is 2.53. The number of amides is 2. The maximum atomic E-state index is 15.2. The lowest BCUT2D eigenvalue weighted by Crippen LogP contribution is -2.55. The number of rotatable bonds is 10. The summed E-state index contributed by atoms with van der Waals surface area (Å²) >= 11 is 0. The van der Waals surface area contributed by atoms with E-state index in [1.807, 2.05) is 0 Å². The average Bonchev–Trinajstić information content (AvgIpc) is 3.39. The predicted molar refractivity (Wildman–Crippen MR) is 185 cm³/mol. The Hall–Kier alpha value is -4.71. The standard InChI is InChI=1S/C36H42N6O7S/c1-5-49-34-28(7-6-14-38-34)36(23-33(43)41-19-17-40(18-20-41)26-12-15-39(2)16-13-26)29-21-25(24-37)8-10-30(29)42(35(36)44)50(45,46)32-11-9-27(47-3)22-31(32)48-4/h6-11,14,21-22,26H,5,12-13,15-20,23H2,1-4H3. The van der Waals surface area contributed by atoms with Crippen molar-refractivity contribution in [2.75, 3.05) is 71.4 Å². The van der Waals surface area contributed by atoms with Gasteiger partial charge in [-0.25, -0.2) is 17.7 Å². The van der Waals surface area contributed by atoms with Crippen molar-refractivity contribution in [2.24, 2.45) is 0 Å². The summed E-state index contributed by atoms with van der Waals surface area (Å²) in [6.07, 6.45) is 3.25. The van der Waals surface area contributed by atoms with Crippen LogP contribution in [-0.4, -0.2) is 113 Å². The van der Waals surface area contributed by atoms with E-state index in [1.54, 1.807) is 24.0 Å². The van der Waals surface area contributed by atoms with E-state index in [2.05, 4.69) is 27.9 Å². The molecular formula is C36H42N6O7S. The average molecular weight is 703 g/mol. The van der Waals surface area contributed by atoms with Gasteiger partial charge < -0.3 is 24.0 Å². The summed E-state index contributed by atoms with van der Waals surface area (Å²) in [6, 6.07) is 14.4. The summed E-state index contributed by atoms with van der Waals surface area (Å²) in [5, 5.41) is 9.95. The Labute approximate surface area is 293 Å². The van der Waals surface area contributed by atoms with Crippen molar-refractivity contribution in [3.63, 3.8) is 0 Å². The topological polar surface area (TPSA) is 146 Å². The molecule has 3 aliphatic heterocycles. The Morgan fingerprint density at radius 2 is 1.74 bits per heavy atom. The van der Waals surface area contributed by atoms with Gasteiger partial charge >= 0.3 is 0 Å². The van der Waals surface area contributed by atoms with Gasteiger partial charge in [-0.2, -0.15) is 5.26 Å². The van der Waals surface area contributed by atoms with Crippen molar-refractivity contribution in [1.29, 1.82) is 5.26 Å². The normalized spacial score (nSPS) is 20.3. The number of anilines is 1. The third kappa shape index (κ3) is 6.14. The minimum Gasteiger partial charge on any atom is -0.497 e. The molecule has 2 aromatic carbocycles. The van der Waals surface area contributed by atoms with Crippen LogP contribution in [0, 0.1) is 11.3 Å². The van der Waals surface area contributed by atoms with Crippen LogP contribution in [0.25, 0.3) is 0 Å². The van der Waals surface area contributed by atoms with Gasteiger partial charge in [0.2, 0.25) is 11.8 Å². The van der Waals surface area contributed by atoms with Crippen LogP contribution in [0.4, 0.5) is 5.69 Å². The lowest BCUT2D eigenvalue weighted by Gasteiger charge is -2.42. The lowest BCUT2D eigenvalue weighted by atomic mass is 9.72. The molecule has 0 saturated carbocycles. The molecule has 0 aliphatic carbocycles. The number of carbonyl (C=O) groups is 2. The van der Waals surface area contributed by atoms with Gasteiger partial charge in [-0.3, -0.25) is 14.5 Å². The van der Waals surface area contributed by atoms with E-state index in [4.69, 9.17) is 14.2 Å². The Morgan fingerprint density at radius 3 is 2.40 bits per heavy atom. The van der Waals surface area contributed by atoms with Crippen molar-refractivity contribution >= 4 is 27.5 Å². The molecule has 1 atom stereocenters. The Balaban J connectivity index is 1.45. The number of nitriles is 1. The first-order valence-electron chi connectivity index (χ1n) is 16.7. The first kappa shape index (κ1) is 35.1. The van der Waals surface area contributed by atoms with E-state index in [0.717, 1.165) is 30.2 Å². The number of piperidine rings is 1. The fourth-order valence-corrected chi connectivity index (χ4v) is 9.00. The number of nitrogens with zero attached hydrogens (tertiary/aromatic N) is 6. The third-order valence-electron chi connectivity index (χ3n) is 10.0. The number of sulfonamides is 1. The fourth-order valence-electron chi connectivity index (χ4n) is 7.38. The molecule has 0 spiro atoms. The number of aromatic nitrogens is 1. The van der Waals surface area contributed by atoms with E-state index in [-0.39, 0.29) is 51.4 Å². The molecule has 2 fully saturated rings. The summed E-state index contributed by atoms with van der Waals surface area (Å²) in [5.74, 6) is -0.771. The number of likely N-dealkylation sites (tertiary alicyclic amines) is 1. The minimum atomic E-state index is -4.65. The number of methoxy groups -OCH3 is 2. The first-order chi connectivity index (χ1) is 24.1. The van der Waals surface area contributed by atoms with Crippen molar-refractivity contribution in [3.8, 4) is 23.4 Å². The van der Waals surface area contributed by atoms with Gasteiger partial charge in [0.25, 0.3) is 15.9 Å². The van der Waals surface area contributed by atoms with Gasteiger partial charge in [0.15, 0.2) is 0 Å². The van der Waals surface area contributed by atoms with Crippen molar-refractivity contribution in [2.45, 2.75) is 42.5 Å². The van der Waals surface area contributed by atoms with Crippen LogP contribution in [0.1, 0.15) is 42.9 Å². The summed E-state index contributed by atoms with van der Waals surface area (Å²) in [7, 11) is 0.246. The third-order valence-corrected chi connectivity index (χ3v) is 11.8. The van der Waals surface area contributed by atoms with Gasteiger partial charge in [-0.1, -0.05) is 6.07 Å². The molecule has 2 amide bonds. The second kappa shape index (κ2) is 14.3. The second-order valence-corrected chi connectivity index (χ2v) is 14.5. The van der Waals surface area contributed by atoms with Gasteiger partial charge in [-0.05, 0) is 81.9 Å². The van der Waals surface area contributed by atoms with Crippen molar-refractivity contribution in [3.05, 3.63) is 71.4 Å². The van der Waals surface area contributed by atoms with E-state index in [9.17, 15) is 18.5 Å². The van der Waals surface area contributed by atoms with Crippen molar-refractivity contribution in [1.82, 2.24) is 19.7 Å². The molecule has 1 aromatic heterocycles. The molecule has 6 rings (SSSR count). The predicted octanol–water partition coefficient (Wildman–Crippen LogP) is 3.02. The molecular weight excluding hydrogens is 660 g/mol. The van der Waals surface area contributed by atoms with Gasteiger partial charge in [0.1, 0.15) is 21.8 Å². The Morgan fingerprint density at radius 1 is 1.00 bits per heavy atom. The highest BCUT2D eigenvalue weighted by molar-refractivity contribution is 7.93. The summed E-state index contributed by atoms with van der Waals surface area (Å²) in [6.45, 7) is 6.38. The Bertz CT molecular complexity index is 1920. The zero-order chi connectivity index (χ0) is 35.6. The number of fused-ring (bicyclic) bond motifs is 1. The van der Waals surface area contributed by atoms with Crippen LogP contribution in [0.2, 0.25) is 0 Å². The minimum absolute atomic E-state index is 0.0260. The van der Waals surface area contributed by atoms with E-state index < -0.39 is 27.8 Å². The second-order valence-electron chi connectivity index (χ2n) is 12.8. The maximum absolute atomic E-state index is 15.2. The Kier molecular flexibility index (Phi) is 10.0. The summed E-state index contributed by atoms with van der Waals surface area (Å²) < 4.78 is 46.6. The SMILES string of the molecule is CCOc1ncccc1C1(CC(=O)N2CCN(C3CCN(C)CC3)CC2)C(=O)N(S(=O)(=O)c2ccc(OC)cc2OC)c2ccc(C#N)cc21. The molecule has 50 heavy (non-hydrogen) atoms.